The van der Waals surface area contributed by atoms with Crippen molar-refractivity contribution in [3.05, 3.63) is 0 Å². The van der Waals surface area contributed by atoms with Crippen molar-refractivity contribution in [2.75, 3.05) is 59.1 Å². The van der Waals surface area contributed by atoms with Crippen LogP contribution in [0, 0.1) is 0 Å². The zero-order valence-corrected chi connectivity index (χ0v) is 12.6. The Bertz CT molecular complexity index is 208. The molecule has 0 atom stereocenters. The summed E-state index contributed by atoms with van der Waals surface area (Å²) in [5.74, 6) is 0. The van der Waals surface area contributed by atoms with Crippen LogP contribution >= 0.6 is 0 Å². The van der Waals surface area contributed by atoms with Crippen LogP contribution in [0.15, 0.2) is 0 Å². The van der Waals surface area contributed by atoms with Crippen molar-refractivity contribution in [1.82, 2.24) is 9.80 Å². The topological polar surface area (TPSA) is 24.9 Å². The predicted molar refractivity (Wildman–Crippen MR) is 75.1 cm³/mol. The lowest BCUT2D eigenvalue weighted by Crippen LogP contribution is -2.48. The lowest BCUT2D eigenvalue weighted by Gasteiger charge is -2.35. The SMILES string of the molecule is CCOCCN1CCN(CCOC(C)(C)C)CC1. The quantitative estimate of drug-likeness (QED) is 0.645. The molecule has 1 rings (SSSR count). The van der Waals surface area contributed by atoms with Gasteiger partial charge in [0.15, 0.2) is 0 Å². The van der Waals surface area contributed by atoms with Crippen LogP contribution in [-0.4, -0.2) is 74.5 Å². The summed E-state index contributed by atoms with van der Waals surface area (Å²) in [4.78, 5) is 4.97. The molecular formula is C14H30N2O2. The van der Waals surface area contributed by atoms with Gasteiger partial charge in [-0.15, -0.1) is 0 Å². The average molecular weight is 258 g/mol. The summed E-state index contributed by atoms with van der Waals surface area (Å²) in [5.41, 5.74) is -0.0146. The van der Waals surface area contributed by atoms with Crippen LogP contribution in [0.2, 0.25) is 0 Å². The minimum absolute atomic E-state index is 0.0146. The molecule has 4 nitrogen and oxygen atoms in total. The van der Waals surface area contributed by atoms with Crippen LogP contribution in [0.4, 0.5) is 0 Å². The van der Waals surface area contributed by atoms with Crippen LogP contribution in [0.3, 0.4) is 0 Å². The van der Waals surface area contributed by atoms with Crippen molar-refractivity contribution in [2.24, 2.45) is 0 Å². The Balaban J connectivity index is 2.04. The van der Waals surface area contributed by atoms with E-state index in [1.54, 1.807) is 0 Å². The number of rotatable bonds is 7. The maximum atomic E-state index is 5.76. The first-order valence-electron chi connectivity index (χ1n) is 7.17. The largest absolute Gasteiger partial charge is 0.380 e. The van der Waals surface area contributed by atoms with Gasteiger partial charge >= 0.3 is 0 Å². The van der Waals surface area contributed by atoms with Crippen LogP contribution in [0.5, 0.6) is 0 Å². The van der Waals surface area contributed by atoms with E-state index in [9.17, 15) is 0 Å². The number of nitrogens with zero attached hydrogens (tertiary/aromatic N) is 2. The Hall–Kier alpha value is -0.160. The second-order valence-corrected chi connectivity index (χ2v) is 5.84. The summed E-state index contributed by atoms with van der Waals surface area (Å²) in [6.45, 7) is 17.6. The van der Waals surface area contributed by atoms with Crippen molar-refractivity contribution in [3.63, 3.8) is 0 Å². The minimum Gasteiger partial charge on any atom is -0.380 e. The van der Waals surface area contributed by atoms with E-state index in [1.807, 2.05) is 6.92 Å². The summed E-state index contributed by atoms with van der Waals surface area (Å²) in [7, 11) is 0. The Labute approximate surface area is 112 Å². The first-order valence-corrected chi connectivity index (χ1v) is 7.17. The van der Waals surface area contributed by atoms with Crippen molar-refractivity contribution < 1.29 is 9.47 Å². The second-order valence-electron chi connectivity index (χ2n) is 5.84. The summed E-state index contributed by atoms with van der Waals surface area (Å²) in [6.07, 6.45) is 0. The summed E-state index contributed by atoms with van der Waals surface area (Å²) >= 11 is 0. The fraction of sp³-hybridized carbons (Fsp3) is 1.00. The van der Waals surface area contributed by atoms with Crippen molar-refractivity contribution in [2.45, 2.75) is 33.3 Å². The fourth-order valence-corrected chi connectivity index (χ4v) is 2.06. The van der Waals surface area contributed by atoms with Gasteiger partial charge < -0.3 is 9.47 Å². The fourth-order valence-electron chi connectivity index (χ4n) is 2.06. The molecule has 1 heterocycles. The van der Waals surface area contributed by atoms with Crippen molar-refractivity contribution >= 4 is 0 Å². The maximum Gasteiger partial charge on any atom is 0.0600 e. The normalized spacial score (nSPS) is 19.3. The van der Waals surface area contributed by atoms with Gasteiger partial charge in [0.05, 0.1) is 18.8 Å². The Morgan fingerprint density at radius 1 is 0.889 bits per heavy atom. The van der Waals surface area contributed by atoms with Crippen LogP contribution in [0.1, 0.15) is 27.7 Å². The number of ether oxygens (including phenoxy) is 2. The first-order chi connectivity index (χ1) is 8.51. The third kappa shape index (κ3) is 7.31. The third-order valence-corrected chi connectivity index (χ3v) is 3.16. The molecule has 0 spiro atoms. The van der Waals surface area contributed by atoms with Crippen LogP contribution in [0.25, 0.3) is 0 Å². The van der Waals surface area contributed by atoms with Gasteiger partial charge in [-0.3, -0.25) is 9.80 Å². The molecule has 4 heteroatoms. The molecule has 1 fully saturated rings. The molecule has 0 radical (unpaired) electrons. The van der Waals surface area contributed by atoms with Gasteiger partial charge in [-0.25, -0.2) is 0 Å². The van der Waals surface area contributed by atoms with Gasteiger partial charge in [-0.05, 0) is 27.7 Å². The zero-order valence-electron chi connectivity index (χ0n) is 12.6. The van der Waals surface area contributed by atoms with E-state index in [4.69, 9.17) is 9.47 Å². The molecule has 1 aliphatic heterocycles. The highest BCUT2D eigenvalue weighted by Gasteiger charge is 2.17. The van der Waals surface area contributed by atoms with Gasteiger partial charge in [-0.1, -0.05) is 0 Å². The smallest absolute Gasteiger partial charge is 0.0600 e. The van der Waals surface area contributed by atoms with E-state index >= 15 is 0 Å². The number of piperazine rings is 1. The monoisotopic (exact) mass is 258 g/mol. The second kappa shape index (κ2) is 8.10. The third-order valence-electron chi connectivity index (χ3n) is 3.16. The van der Waals surface area contributed by atoms with Gasteiger partial charge in [-0.2, -0.15) is 0 Å². The molecule has 0 aliphatic carbocycles. The molecule has 1 saturated heterocycles. The lowest BCUT2D eigenvalue weighted by molar-refractivity contribution is -0.0187. The molecule has 18 heavy (non-hydrogen) atoms. The highest BCUT2D eigenvalue weighted by Crippen LogP contribution is 2.07. The number of hydrogen-bond acceptors (Lipinski definition) is 4. The van der Waals surface area contributed by atoms with E-state index in [0.29, 0.717) is 0 Å². The van der Waals surface area contributed by atoms with Gasteiger partial charge in [0, 0.05) is 45.9 Å². The molecule has 0 unspecified atom stereocenters. The Morgan fingerprint density at radius 2 is 1.39 bits per heavy atom. The van der Waals surface area contributed by atoms with E-state index in [2.05, 4.69) is 30.6 Å². The van der Waals surface area contributed by atoms with Gasteiger partial charge in [0.2, 0.25) is 0 Å². The summed E-state index contributed by atoms with van der Waals surface area (Å²) < 4.78 is 11.2. The Morgan fingerprint density at radius 3 is 1.83 bits per heavy atom. The molecule has 1 aliphatic rings. The van der Waals surface area contributed by atoms with E-state index in [1.165, 1.54) is 0 Å². The maximum absolute atomic E-state index is 5.76. The summed E-state index contributed by atoms with van der Waals surface area (Å²) in [5, 5.41) is 0. The zero-order chi connectivity index (χ0) is 13.4. The molecule has 0 aromatic heterocycles. The van der Waals surface area contributed by atoms with E-state index in [-0.39, 0.29) is 5.60 Å². The lowest BCUT2D eigenvalue weighted by atomic mass is 10.2. The summed E-state index contributed by atoms with van der Waals surface area (Å²) in [6, 6.07) is 0. The minimum atomic E-state index is -0.0146. The Kier molecular flexibility index (Phi) is 7.15. The highest BCUT2D eigenvalue weighted by molar-refractivity contribution is 4.72. The molecule has 0 amide bonds. The van der Waals surface area contributed by atoms with Gasteiger partial charge in [0.1, 0.15) is 0 Å². The van der Waals surface area contributed by atoms with E-state index in [0.717, 1.165) is 59.1 Å². The molecular weight excluding hydrogens is 228 g/mol. The molecule has 0 bridgehead atoms. The average Bonchev–Trinajstić information content (AvgIpc) is 2.30. The highest BCUT2D eigenvalue weighted by atomic mass is 16.5. The van der Waals surface area contributed by atoms with Crippen molar-refractivity contribution in [1.29, 1.82) is 0 Å². The van der Waals surface area contributed by atoms with Crippen LogP contribution < -0.4 is 0 Å². The molecule has 0 aromatic carbocycles. The van der Waals surface area contributed by atoms with Crippen LogP contribution in [-0.2, 0) is 9.47 Å². The molecule has 0 N–H and O–H groups in total. The van der Waals surface area contributed by atoms with E-state index < -0.39 is 0 Å². The molecule has 108 valence electrons. The predicted octanol–water partition coefficient (Wildman–Crippen LogP) is 1.46. The first kappa shape index (κ1) is 15.9. The standard InChI is InChI=1S/C14H30N2O2/c1-5-17-12-10-15-6-8-16(9-7-15)11-13-18-14(2,3)4/h5-13H2,1-4H3. The van der Waals surface area contributed by atoms with Gasteiger partial charge in [0.25, 0.3) is 0 Å². The molecule has 0 saturated carbocycles. The molecule has 0 aromatic rings. The van der Waals surface area contributed by atoms with Crippen molar-refractivity contribution in [3.8, 4) is 0 Å². The number of hydrogen-bond donors (Lipinski definition) is 0.